The first-order valence-electron chi connectivity index (χ1n) is 10.2. The van der Waals surface area contributed by atoms with Crippen LogP contribution in [0.5, 0.6) is 5.75 Å². The lowest BCUT2D eigenvalue weighted by molar-refractivity contribution is 0.146. The molecular weight excluding hydrogens is 413 g/mol. The van der Waals surface area contributed by atoms with E-state index in [1.165, 1.54) is 23.3 Å². The summed E-state index contributed by atoms with van der Waals surface area (Å²) in [6.45, 7) is 2.65. The van der Waals surface area contributed by atoms with E-state index in [9.17, 15) is 4.39 Å². The van der Waals surface area contributed by atoms with Gasteiger partial charge in [-0.2, -0.15) is 0 Å². The van der Waals surface area contributed by atoms with Gasteiger partial charge in [-0.05, 0) is 53.7 Å². The summed E-state index contributed by atoms with van der Waals surface area (Å²) in [7, 11) is 1.60. The van der Waals surface area contributed by atoms with Gasteiger partial charge in [0.15, 0.2) is 0 Å². The van der Waals surface area contributed by atoms with Crippen LogP contribution in [-0.2, 0) is 17.7 Å². The molecule has 7 heteroatoms. The van der Waals surface area contributed by atoms with Gasteiger partial charge in [0.2, 0.25) is 0 Å². The van der Waals surface area contributed by atoms with Gasteiger partial charge in [-0.1, -0.05) is 12.1 Å². The van der Waals surface area contributed by atoms with Crippen LogP contribution >= 0.6 is 11.3 Å². The van der Waals surface area contributed by atoms with E-state index in [1.807, 2.05) is 5.38 Å². The Hall–Kier alpha value is -2.87. The van der Waals surface area contributed by atoms with Crippen molar-refractivity contribution >= 4 is 21.4 Å². The molecule has 0 fully saturated rings. The van der Waals surface area contributed by atoms with Crippen molar-refractivity contribution < 1.29 is 13.9 Å². The molecule has 5 nitrogen and oxygen atoms in total. The minimum atomic E-state index is -0.355. The highest BCUT2D eigenvalue weighted by Gasteiger charge is 2.19. The molecule has 5 rings (SSSR count). The average Bonchev–Trinajstić information content (AvgIpc) is 3.29. The molecule has 1 N–H and O–H groups in total. The van der Waals surface area contributed by atoms with Crippen LogP contribution in [0.25, 0.3) is 32.6 Å². The van der Waals surface area contributed by atoms with Crippen molar-refractivity contribution in [3.8, 4) is 28.3 Å². The first-order chi connectivity index (χ1) is 15.2. The van der Waals surface area contributed by atoms with Gasteiger partial charge < -0.3 is 14.8 Å². The maximum absolute atomic E-state index is 13.9. The molecule has 0 amide bonds. The molecule has 0 unspecified atom stereocenters. The molecule has 4 aromatic rings. The topological polar surface area (TPSA) is 56.3 Å². The van der Waals surface area contributed by atoms with Gasteiger partial charge in [-0.25, -0.2) is 4.39 Å². The molecule has 0 saturated carbocycles. The lowest BCUT2D eigenvalue weighted by Crippen LogP contribution is -2.23. The highest BCUT2D eigenvalue weighted by Crippen LogP contribution is 2.39. The van der Waals surface area contributed by atoms with Crippen LogP contribution in [0.3, 0.4) is 0 Å². The standard InChI is InChI=1S/C24H22FN3O2S/c1-29-9-10-30-21-13-18(25)4-5-19(21)23-24-20(7-11-31-24)22(27-28-23)16-2-3-17-14-26-8-6-15(17)12-16/h2-5,7,11-13,26H,6,8-10,14H2,1H3. The minimum absolute atomic E-state index is 0.329. The summed E-state index contributed by atoms with van der Waals surface area (Å²) < 4.78 is 25.7. The second-order valence-corrected chi connectivity index (χ2v) is 8.37. The number of benzene rings is 2. The van der Waals surface area contributed by atoms with E-state index in [1.54, 1.807) is 24.5 Å². The van der Waals surface area contributed by atoms with Crippen molar-refractivity contribution in [1.29, 1.82) is 0 Å². The second-order valence-electron chi connectivity index (χ2n) is 7.45. The number of nitrogens with one attached hydrogen (secondary N) is 1. The zero-order valence-corrected chi connectivity index (χ0v) is 18.0. The molecule has 0 saturated heterocycles. The lowest BCUT2D eigenvalue weighted by atomic mass is 9.96. The SMILES string of the molecule is COCCOc1cc(F)ccc1-c1nnc(-c2ccc3c(c2)CCNC3)c2ccsc12. The van der Waals surface area contributed by atoms with Crippen molar-refractivity contribution in [2.24, 2.45) is 0 Å². The summed E-state index contributed by atoms with van der Waals surface area (Å²) in [6, 6.07) is 13.1. The third kappa shape index (κ3) is 3.92. The quantitative estimate of drug-likeness (QED) is 0.440. The number of methoxy groups -OCH3 is 1. The van der Waals surface area contributed by atoms with Crippen molar-refractivity contribution in [2.45, 2.75) is 13.0 Å². The molecule has 0 aliphatic carbocycles. The van der Waals surface area contributed by atoms with E-state index in [0.717, 1.165) is 46.4 Å². The van der Waals surface area contributed by atoms with Crippen LogP contribution in [0.1, 0.15) is 11.1 Å². The number of thiophene rings is 1. The first kappa shape index (κ1) is 20.1. The predicted molar refractivity (Wildman–Crippen MR) is 121 cm³/mol. The van der Waals surface area contributed by atoms with Gasteiger partial charge in [0.05, 0.1) is 11.3 Å². The van der Waals surface area contributed by atoms with E-state index in [-0.39, 0.29) is 5.82 Å². The third-order valence-electron chi connectivity index (χ3n) is 5.50. The number of rotatable bonds is 6. The van der Waals surface area contributed by atoms with Crippen LogP contribution in [0.2, 0.25) is 0 Å². The summed E-state index contributed by atoms with van der Waals surface area (Å²) in [4.78, 5) is 0. The van der Waals surface area contributed by atoms with Crippen molar-refractivity contribution in [3.63, 3.8) is 0 Å². The molecule has 2 aromatic carbocycles. The normalized spacial score (nSPS) is 13.4. The van der Waals surface area contributed by atoms with Gasteiger partial charge in [-0.15, -0.1) is 21.5 Å². The fourth-order valence-electron chi connectivity index (χ4n) is 3.94. The molecule has 3 heterocycles. The zero-order chi connectivity index (χ0) is 21.2. The number of halogens is 1. The fraction of sp³-hybridized carbons (Fsp3) is 0.250. The Bertz CT molecular complexity index is 1240. The van der Waals surface area contributed by atoms with Crippen molar-refractivity contribution in [1.82, 2.24) is 15.5 Å². The highest BCUT2D eigenvalue weighted by molar-refractivity contribution is 7.17. The van der Waals surface area contributed by atoms with E-state index < -0.39 is 0 Å². The summed E-state index contributed by atoms with van der Waals surface area (Å²) in [6.07, 6.45) is 1.01. The van der Waals surface area contributed by atoms with Crippen LogP contribution in [0.15, 0.2) is 47.8 Å². The first-order valence-corrected chi connectivity index (χ1v) is 11.1. The molecule has 31 heavy (non-hydrogen) atoms. The zero-order valence-electron chi connectivity index (χ0n) is 17.2. The summed E-state index contributed by atoms with van der Waals surface area (Å²) in [5.41, 5.74) is 6.05. The van der Waals surface area contributed by atoms with E-state index in [0.29, 0.717) is 24.7 Å². The van der Waals surface area contributed by atoms with Gasteiger partial charge in [0.25, 0.3) is 0 Å². The molecule has 1 aliphatic heterocycles. The number of hydrogen-bond donors (Lipinski definition) is 1. The fourth-order valence-corrected chi connectivity index (χ4v) is 4.83. The largest absolute Gasteiger partial charge is 0.490 e. The molecule has 2 aromatic heterocycles. The molecule has 0 radical (unpaired) electrons. The lowest BCUT2D eigenvalue weighted by Gasteiger charge is -2.18. The predicted octanol–water partition coefficient (Wildman–Crippen LogP) is 4.84. The highest BCUT2D eigenvalue weighted by atomic mass is 32.1. The Morgan fingerprint density at radius 3 is 2.84 bits per heavy atom. The maximum atomic E-state index is 13.9. The molecule has 0 atom stereocenters. The Morgan fingerprint density at radius 1 is 1.03 bits per heavy atom. The van der Waals surface area contributed by atoms with Crippen molar-refractivity contribution in [3.05, 3.63) is 64.8 Å². The van der Waals surface area contributed by atoms with E-state index in [4.69, 9.17) is 9.47 Å². The second kappa shape index (κ2) is 8.70. The van der Waals surface area contributed by atoms with E-state index >= 15 is 0 Å². The third-order valence-corrected chi connectivity index (χ3v) is 6.42. The number of nitrogens with zero attached hydrogens (tertiary/aromatic N) is 2. The smallest absolute Gasteiger partial charge is 0.131 e. The van der Waals surface area contributed by atoms with Crippen LogP contribution in [0.4, 0.5) is 4.39 Å². The van der Waals surface area contributed by atoms with E-state index in [2.05, 4.69) is 39.8 Å². The maximum Gasteiger partial charge on any atom is 0.131 e. The Balaban J connectivity index is 1.59. The average molecular weight is 436 g/mol. The van der Waals surface area contributed by atoms with Crippen molar-refractivity contribution in [2.75, 3.05) is 26.9 Å². The number of aromatic nitrogens is 2. The molecule has 1 aliphatic rings. The Kier molecular flexibility index (Phi) is 5.63. The monoisotopic (exact) mass is 435 g/mol. The number of hydrogen-bond acceptors (Lipinski definition) is 6. The Labute approximate surface area is 183 Å². The van der Waals surface area contributed by atoms with Crippen LogP contribution < -0.4 is 10.1 Å². The van der Waals surface area contributed by atoms with Gasteiger partial charge >= 0.3 is 0 Å². The van der Waals surface area contributed by atoms with Gasteiger partial charge in [0, 0.05) is 36.2 Å². The number of fused-ring (bicyclic) bond motifs is 2. The minimum Gasteiger partial charge on any atom is -0.490 e. The van der Waals surface area contributed by atoms with Crippen LogP contribution in [-0.4, -0.2) is 37.1 Å². The molecule has 158 valence electrons. The Morgan fingerprint density at radius 2 is 1.94 bits per heavy atom. The molecule has 0 spiro atoms. The summed E-state index contributed by atoms with van der Waals surface area (Å²) in [5.74, 6) is 0.0850. The van der Waals surface area contributed by atoms with Gasteiger partial charge in [-0.3, -0.25) is 0 Å². The van der Waals surface area contributed by atoms with Crippen LogP contribution in [0, 0.1) is 5.82 Å². The summed E-state index contributed by atoms with van der Waals surface area (Å²) >= 11 is 1.60. The van der Waals surface area contributed by atoms with Gasteiger partial charge in [0.1, 0.15) is 29.6 Å². The number of ether oxygens (including phenoxy) is 2. The molecule has 0 bridgehead atoms. The molecular formula is C24H22FN3O2S. The summed E-state index contributed by atoms with van der Waals surface area (Å²) in [5, 5.41) is 15.7.